The zero-order valence-corrected chi connectivity index (χ0v) is 6.07. The first-order valence-corrected chi connectivity index (χ1v) is 3.98. The second-order valence-electron chi connectivity index (χ2n) is 2.97. The molecule has 9 heavy (non-hydrogen) atoms. The van der Waals surface area contributed by atoms with Crippen molar-refractivity contribution in [3.05, 3.63) is 0 Å². The predicted molar refractivity (Wildman–Crippen MR) is 37.1 cm³/mol. The van der Waals surface area contributed by atoms with E-state index >= 15 is 0 Å². The smallest absolute Gasteiger partial charge is 0.103 e. The van der Waals surface area contributed by atoms with Crippen LogP contribution in [0.2, 0.25) is 0 Å². The van der Waals surface area contributed by atoms with Crippen LogP contribution in [0.3, 0.4) is 0 Å². The summed E-state index contributed by atoms with van der Waals surface area (Å²) in [5.74, 6) is 0.388. The topological polar surface area (TPSA) is 0 Å². The van der Waals surface area contributed by atoms with E-state index in [0.717, 1.165) is 25.7 Å². The van der Waals surface area contributed by atoms with Crippen LogP contribution in [-0.4, -0.2) is 6.17 Å². The first kappa shape index (κ1) is 7.04. The molecule has 0 radical (unpaired) electrons. The van der Waals surface area contributed by atoms with Gasteiger partial charge in [0.25, 0.3) is 0 Å². The van der Waals surface area contributed by atoms with Gasteiger partial charge in [0.05, 0.1) is 0 Å². The van der Waals surface area contributed by atoms with Crippen LogP contribution in [0.4, 0.5) is 4.39 Å². The zero-order valence-electron chi connectivity index (χ0n) is 6.07. The highest BCUT2D eigenvalue weighted by Gasteiger charge is 2.22. The molecule has 1 unspecified atom stereocenters. The third-order valence-corrected chi connectivity index (χ3v) is 2.34. The lowest BCUT2D eigenvalue weighted by molar-refractivity contribution is 0.162. The van der Waals surface area contributed by atoms with Crippen LogP contribution >= 0.6 is 0 Å². The molecule has 1 saturated carbocycles. The van der Waals surface area contributed by atoms with Crippen LogP contribution in [0.25, 0.3) is 0 Å². The lowest BCUT2D eigenvalue weighted by Gasteiger charge is -2.23. The van der Waals surface area contributed by atoms with Crippen LogP contribution in [-0.2, 0) is 0 Å². The predicted octanol–water partition coefficient (Wildman–Crippen LogP) is 2.92. The average molecular weight is 130 g/mol. The Labute approximate surface area is 56.5 Å². The first-order chi connectivity index (χ1) is 4.34. The summed E-state index contributed by atoms with van der Waals surface area (Å²) in [7, 11) is 0. The first-order valence-electron chi connectivity index (χ1n) is 3.98. The molecular weight excluding hydrogens is 115 g/mol. The molecule has 0 N–H and O–H groups in total. The van der Waals surface area contributed by atoms with Crippen molar-refractivity contribution in [2.75, 3.05) is 0 Å². The Morgan fingerprint density at radius 2 is 2.00 bits per heavy atom. The van der Waals surface area contributed by atoms with Gasteiger partial charge in [-0.25, -0.2) is 4.39 Å². The summed E-state index contributed by atoms with van der Waals surface area (Å²) in [6, 6.07) is 0. The van der Waals surface area contributed by atoms with Gasteiger partial charge in [-0.2, -0.15) is 0 Å². The molecule has 2 atom stereocenters. The van der Waals surface area contributed by atoms with Gasteiger partial charge in [0.2, 0.25) is 0 Å². The van der Waals surface area contributed by atoms with Gasteiger partial charge in [0, 0.05) is 0 Å². The summed E-state index contributed by atoms with van der Waals surface area (Å²) in [5.41, 5.74) is 0. The lowest BCUT2D eigenvalue weighted by Crippen LogP contribution is -2.19. The average Bonchev–Trinajstić information content (AvgIpc) is 1.89. The molecule has 1 fully saturated rings. The van der Waals surface area contributed by atoms with E-state index in [2.05, 4.69) is 6.92 Å². The van der Waals surface area contributed by atoms with E-state index in [4.69, 9.17) is 0 Å². The minimum absolute atomic E-state index is 0.388. The minimum Gasteiger partial charge on any atom is -0.247 e. The highest BCUT2D eigenvalue weighted by atomic mass is 19.1. The zero-order chi connectivity index (χ0) is 6.69. The van der Waals surface area contributed by atoms with Crippen LogP contribution in [0.15, 0.2) is 0 Å². The molecule has 1 heteroatoms. The van der Waals surface area contributed by atoms with E-state index in [1.54, 1.807) is 0 Å². The Kier molecular flexibility index (Phi) is 2.49. The summed E-state index contributed by atoms with van der Waals surface area (Å²) >= 11 is 0. The fourth-order valence-corrected chi connectivity index (χ4v) is 1.62. The summed E-state index contributed by atoms with van der Waals surface area (Å²) < 4.78 is 12.8. The van der Waals surface area contributed by atoms with Crippen molar-refractivity contribution in [3.8, 4) is 0 Å². The maximum atomic E-state index is 12.8. The lowest BCUT2D eigenvalue weighted by atomic mass is 9.86. The minimum atomic E-state index is -0.483. The molecular formula is C8H15F. The van der Waals surface area contributed by atoms with Gasteiger partial charge in [0.15, 0.2) is 0 Å². The standard InChI is InChI=1S/C8H15F/c1-2-7-5-3-4-6-8(7)9/h7-8H,2-6H2,1H3/t7?,8-/m1/s1. The Morgan fingerprint density at radius 3 is 2.44 bits per heavy atom. The molecule has 0 aliphatic heterocycles. The summed E-state index contributed by atoms with van der Waals surface area (Å²) in [6.07, 6.45) is 4.84. The Balaban J connectivity index is 2.30. The highest BCUT2D eigenvalue weighted by molar-refractivity contribution is 4.72. The van der Waals surface area contributed by atoms with E-state index in [0.29, 0.717) is 5.92 Å². The normalized spacial score (nSPS) is 36.7. The van der Waals surface area contributed by atoms with Crippen molar-refractivity contribution < 1.29 is 4.39 Å². The second-order valence-corrected chi connectivity index (χ2v) is 2.97. The third kappa shape index (κ3) is 1.67. The quantitative estimate of drug-likeness (QED) is 0.512. The number of rotatable bonds is 1. The SMILES string of the molecule is CCC1CCCC[C@H]1F. The molecule has 1 aliphatic rings. The molecule has 0 aromatic rings. The van der Waals surface area contributed by atoms with Gasteiger partial charge in [0.1, 0.15) is 6.17 Å². The third-order valence-electron chi connectivity index (χ3n) is 2.34. The van der Waals surface area contributed by atoms with Gasteiger partial charge in [-0.15, -0.1) is 0 Å². The van der Waals surface area contributed by atoms with Crippen molar-refractivity contribution in [2.45, 2.75) is 45.2 Å². The van der Waals surface area contributed by atoms with Gasteiger partial charge in [-0.3, -0.25) is 0 Å². The maximum Gasteiger partial charge on any atom is 0.103 e. The van der Waals surface area contributed by atoms with E-state index < -0.39 is 6.17 Å². The molecule has 0 nitrogen and oxygen atoms in total. The molecule has 0 saturated heterocycles. The molecule has 0 amide bonds. The number of hydrogen-bond donors (Lipinski definition) is 0. The van der Waals surface area contributed by atoms with E-state index in [9.17, 15) is 4.39 Å². The highest BCUT2D eigenvalue weighted by Crippen LogP contribution is 2.28. The fraction of sp³-hybridized carbons (Fsp3) is 1.00. The van der Waals surface area contributed by atoms with E-state index in [1.807, 2.05) is 0 Å². The van der Waals surface area contributed by atoms with Crippen molar-refractivity contribution >= 4 is 0 Å². The molecule has 0 aromatic heterocycles. The van der Waals surface area contributed by atoms with Crippen LogP contribution in [0, 0.1) is 5.92 Å². The summed E-state index contributed by atoms with van der Waals surface area (Å²) in [5, 5.41) is 0. The number of alkyl halides is 1. The monoisotopic (exact) mass is 130 g/mol. The summed E-state index contributed by atoms with van der Waals surface area (Å²) in [6.45, 7) is 2.09. The van der Waals surface area contributed by atoms with E-state index in [-0.39, 0.29) is 0 Å². The Hall–Kier alpha value is -0.0700. The van der Waals surface area contributed by atoms with Crippen molar-refractivity contribution in [3.63, 3.8) is 0 Å². The molecule has 1 rings (SSSR count). The van der Waals surface area contributed by atoms with Gasteiger partial charge < -0.3 is 0 Å². The Morgan fingerprint density at radius 1 is 1.33 bits per heavy atom. The Bertz CT molecular complexity index is 80.6. The van der Waals surface area contributed by atoms with Crippen molar-refractivity contribution in [1.82, 2.24) is 0 Å². The fourth-order valence-electron chi connectivity index (χ4n) is 1.62. The van der Waals surface area contributed by atoms with E-state index in [1.165, 1.54) is 6.42 Å². The maximum absolute atomic E-state index is 12.8. The van der Waals surface area contributed by atoms with Crippen LogP contribution in [0.5, 0.6) is 0 Å². The van der Waals surface area contributed by atoms with Crippen LogP contribution in [0.1, 0.15) is 39.0 Å². The molecule has 0 aromatic carbocycles. The van der Waals surface area contributed by atoms with Gasteiger partial charge >= 0.3 is 0 Å². The van der Waals surface area contributed by atoms with Crippen LogP contribution < -0.4 is 0 Å². The number of halogens is 1. The largest absolute Gasteiger partial charge is 0.247 e. The van der Waals surface area contributed by atoms with Crippen molar-refractivity contribution in [1.29, 1.82) is 0 Å². The molecule has 0 bridgehead atoms. The van der Waals surface area contributed by atoms with Gasteiger partial charge in [-0.05, 0) is 18.8 Å². The second kappa shape index (κ2) is 3.19. The number of hydrogen-bond acceptors (Lipinski definition) is 0. The molecule has 54 valence electrons. The summed E-state index contributed by atoms with van der Waals surface area (Å²) in [4.78, 5) is 0. The molecule has 1 aliphatic carbocycles. The van der Waals surface area contributed by atoms with Gasteiger partial charge in [-0.1, -0.05) is 26.2 Å². The molecule has 0 spiro atoms. The van der Waals surface area contributed by atoms with Crippen molar-refractivity contribution in [2.24, 2.45) is 5.92 Å². The molecule has 0 heterocycles.